The Morgan fingerprint density at radius 2 is 1.95 bits per heavy atom. The number of nitrogens with one attached hydrogen (secondary N) is 2. The zero-order chi connectivity index (χ0) is 14.7. The zero-order valence-corrected chi connectivity index (χ0v) is 9.94. The number of rotatable bonds is 4. The first-order valence-corrected chi connectivity index (χ1v) is 6.15. The Kier molecular flexibility index (Phi) is 4.33. The number of hydrogen-bond acceptors (Lipinski definition) is 3. The van der Waals surface area contributed by atoms with Gasteiger partial charge < -0.3 is 0 Å². The highest BCUT2D eigenvalue weighted by molar-refractivity contribution is 7.90. The fourth-order valence-electron chi connectivity index (χ4n) is 1.03. The van der Waals surface area contributed by atoms with Gasteiger partial charge in [-0.2, -0.15) is 31.6 Å². The first-order chi connectivity index (χ1) is 8.63. The van der Waals surface area contributed by atoms with Crippen LogP contribution in [-0.4, -0.2) is 21.1 Å². The minimum absolute atomic E-state index is 0.0521. The number of nitrogens with zero attached hydrogens (tertiary/aromatic N) is 1. The molecule has 0 saturated heterocycles. The second-order valence-electron chi connectivity index (χ2n) is 3.35. The van der Waals surface area contributed by atoms with Crippen molar-refractivity contribution in [3.63, 3.8) is 0 Å². The quantitative estimate of drug-likeness (QED) is 0.826. The van der Waals surface area contributed by atoms with E-state index in [9.17, 15) is 26.0 Å². The lowest BCUT2D eigenvalue weighted by Crippen LogP contribution is -2.37. The highest BCUT2D eigenvalue weighted by atomic mass is 32.2. The number of anilines is 1. The largest absolute Gasteiger partial charge is 0.402 e. The van der Waals surface area contributed by atoms with Crippen molar-refractivity contribution in [1.82, 2.24) is 4.72 Å². The van der Waals surface area contributed by atoms with Crippen LogP contribution in [0, 0.1) is 17.1 Å². The molecule has 1 aromatic rings. The maximum atomic E-state index is 13.3. The molecular weight excluding hydrogens is 290 g/mol. The second kappa shape index (κ2) is 5.41. The maximum Gasteiger partial charge on any atom is 0.402 e. The van der Waals surface area contributed by atoms with E-state index >= 15 is 0 Å². The van der Waals surface area contributed by atoms with Gasteiger partial charge in [0.15, 0.2) is 0 Å². The van der Waals surface area contributed by atoms with E-state index in [0.29, 0.717) is 0 Å². The molecule has 0 unspecified atom stereocenters. The van der Waals surface area contributed by atoms with Crippen molar-refractivity contribution in [2.45, 2.75) is 6.18 Å². The molecule has 0 bridgehead atoms. The number of benzene rings is 1. The fourth-order valence-corrected chi connectivity index (χ4v) is 1.91. The summed E-state index contributed by atoms with van der Waals surface area (Å²) in [5.74, 6) is -1.07. The Balaban J connectivity index is 2.82. The van der Waals surface area contributed by atoms with Gasteiger partial charge in [-0.3, -0.25) is 4.72 Å². The Morgan fingerprint density at radius 3 is 2.42 bits per heavy atom. The van der Waals surface area contributed by atoms with Crippen LogP contribution in [0.25, 0.3) is 0 Å². The van der Waals surface area contributed by atoms with E-state index in [1.807, 2.05) is 0 Å². The second-order valence-corrected chi connectivity index (χ2v) is 4.85. The Bertz CT molecular complexity index is 607. The molecule has 0 aliphatic carbocycles. The molecule has 0 radical (unpaired) electrons. The molecule has 1 aromatic carbocycles. The van der Waals surface area contributed by atoms with Crippen molar-refractivity contribution in [2.75, 3.05) is 11.3 Å². The van der Waals surface area contributed by atoms with Gasteiger partial charge in [0.2, 0.25) is 0 Å². The molecule has 0 fully saturated rings. The molecule has 2 N–H and O–H groups in total. The van der Waals surface area contributed by atoms with Crippen LogP contribution in [0.1, 0.15) is 5.56 Å². The van der Waals surface area contributed by atoms with Crippen LogP contribution in [-0.2, 0) is 10.2 Å². The Morgan fingerprint density at radius 1 is 1.32 bits per heavy atom. The zero-order valence-electron chi connectivity index (χ0n) is 9.12. The summed E-state index contributed by atoms with van der Waals surface area (Å²) in [6, 6.07) is 4.42. The number of nitriles is 1. The molecular formula is C9H7F4N3O2S. The molecule has 0 aliphatic rings. The molecule has 1 rings (SSSR count). The van der Waals surface area contributed by atoms with Crippen LogP contribution in [0.4, 0.5) is 23.2 Å². The van der Waals surface area contributed by atoms with Gasteiger partial charge in [-0.05, 0) is 18.2 Å². The van der Waals surface area contributed by atoms with Crippen molar-refractivity contribution in [3.8, 4) is 6.07 Å². The monoisotopic (exact) mass is 297 g/mol. The minimum atomic E-state index is -4.72. The number of halogens is 4. The molecule has 0 amide bonds. The molecule has 0 heterocycles. The van der Waals surface area contributed by atoms with Gasteiger partial charge in [-0.15, -0.1) is 0 Å². The minimum Gasteiger partial charge on any atom is -0.268 e. The van der Waals surface area contributed by atoms with Crippen molar-refractivity contribution < 1.29 is 26.0 Å². The molecule has 5 nitrogen and oxygen atoms in total. The van der Waals surface area contributed by atoms with E-state index in [-0.39, 0.29) is 5.56 Å². The van der Waals surface area contributed by atoms with Crippen LogP contribution in [0.3, 0.4) is 0 Å². The van der Waals surface area contributed by atoms with E-state index < -0.39 is 34.4 Å². The lowest BCUT2D eigenvalue weighted by atomic mass is 10.2. The summed E-state index contributed by atoms with van der Waals surface area (Å²) in [7, 11) is -4.55. The molecule has 0 saturated carbocycles. The van der Waals surface area contributed by atoms with E-state index in [0.717, 1.165) is 18.2 Å². The van der Waals surface area contributed by atoms with E-state index in [1.165, 1.54) is 4.72 Å². The number of alkyl halides is 3. The molecule has 0 aromatic heterocycles. The Labute approximate surface area is 106 Å². The van der Waals surface area contributed by atoms with Crippen LogP contribution in [0.5, 0.6) is 0 Å². The van der Waals surface area contributed by atoms with Gasteiger partial charge in [0.05, 0.1) is 17.3 Å². The first-order valence-electron chi connectivity index (χ1n) is 4.67. The summed E-state index contributed by atoms with van der Waals surface area (Å²) in [6.07, 6.45) is -4.72. The summed E-state index contributed by atoms with van der Waals surface area (Å²) < 4.78 is 74.0. The molecule has 0 atom stereocenters. The maximum absolute atomic E-state index is 13.3. The SMILES string of the molecule is N#Cc1ccc(NS(=O)(=O)NCC(F)(F)F)c(F)c1. The van der Waals surface area contributed by atoms with Crippen LogP contribution >= 0.6 is 0 Å². The van der Waals surface area contributed by atoms with E-state index in [4.69, 9.17) is 5.26 Å². The lowest BCUT2D eigenvalue weighted by molar-refractivity contribution is -0.121. The summed E-state index contributed by atoms with van der Waals surface area (Å²) in [5, 5.41) is 8.47. The van der Waals surface area contributed by atoms with Crippen molar-refractivity contribution >= 4 is 15.9 Å². The molecule has 0 aliphatic heterocycles. The highest BCUT2D eigenvalue weighted by Gasteiger charge is 2.29. The average molecular weight is 297 g/mol. The van der Waals surface area contributed by atoms with E-state index in [1.54, 1.807) is 10.8 Å². The summed E-state index contributed by atoms with van der Waals surface area (Å²) in [5.41, 5.74) is -0.614. The lowest BCUT2D eigenvalue weighted by Gasteiger charge is -2.11. The summed E-state index contributed by atoms with van der Waals surface area (Å²) in [4.78, 5) is 0. The third kappa shape index (κ3) is 5.11. The third-order valence-electron chi connectivity index (χ3n) is 1.81. The van der Waals surface area contributed by atoms with Crippen molar-refractivity contribution in [1.29, 1.82) is 5.26 Å². The van der Waals surface area contributed by atoms with Crippen LogP contribution in [0.15, 0.2) is 18.2 Å². The smallest absolute Gasteiger partial charge is 0.268 e. The standard InChI is InChI=1S/C9H7F4N3O2S/c10-7-3-6(4-14)1-2-8(7)16-19(17,18)15-5-9(11,12)13/h1-3,15-16H,5H2. The molecule has 19 heavy (non-hydrogen) atoms. The number of hydrogen-bond donors (Lipinski definition) is 2. The molecule has 104 valence electrons. The third-order valence-corrected chi connectivity index (χ3v) is 2.82. The van der Waals surface area contributed by atoms with Crippen LogP contribution in [0.2, 0.25) is 0 Å². The molecule has 0 spiro atoms. The van der Waals surface area contributed by atoms with Crippen molar-refractivity contribution in [3.05, 3.63) is 29.6 Å². The topological polar surface area (TPSA) is 82.0 Å². The van der Waals surface area contributed by atoms with Gasteiger partial charge in [-0.1, -0.05) is 0 Å². The van der Waals surface area contributed by atoms with Crippen molar-refractivity contribution in [2.24, 2.45) is 0 Å². The van der Waals surface area contributed by atoms with E-state index in [2.05, 4.69) is 0 Å². The van der Waals surface area contributed by atoms with Gasteiger partial charge in [-0.25, -0.2) is 4.39 Å². The first kappa shape index (κ1) is 15.2. The summed E-state index contributed by atoms with van der Waals surface area (Å²) >= 11 is 0. The van der Waals surface area contributed by atoms with Gasteiger partial charge in [0.1, 0.15) is 12.4 Å². The van der Waals surface area contributed by atoms with Gasteiger partial charge >= 0.3 is 6.18 Å². The highest BCUT2D eigenvalue weighted by Crippen LogP contribution is 2.17. The predicted molar refractivity (Wildman–Crippen MR) is 57.7 cm³/mol. The summed E-state index contributed by atoms with van der Waals surface area (Å²) in [6.45, 7) is -1.78. The van der Waals surface area contributed by atoms with Crippen LogP contribution < -0.4 is 9.44 Å². The normalized spacial score (nSPS) is 11.9. The average Bonchev–Trinajstić information content (AvgIpc) is 2.28. The molecule has 10 heteroatoms. The predicted octanol–water partition coefficient (Wildman–Crippen LogP) is 1.51. The Hall–Kier alpha value is -1.86. The van der Waals surface area contributed by atoms with Gasteiger partial charge in [0.25, 0.3) is 10.2 Å². The fraction of sp³-hybridized carbons (Fsp3) is 0.222. The van der Waals surface area contributed by atoms with Gasteiger partial charge in [0, 0.05) is 0 Å².